The molecule has 0 saturated heterocycles. The fourth-order valence-corrected chi connectivity index (χ4v) is 2.36. The van der Waals surface area contributed by atoms with Crippen molar-refractivity contribution < 1.29 is 9.15 Å². The number of rotatable bonds is 3. The molecule has 3 heteroatoms. The number of ether oxygens (including phenoxy) is 1. The molecule has 0 bridgehead atoms. The summed E-state index contributed by atoms with van der Waals surface area (Å²) in [6.07, 6.45) is 3.70. The topological polar surface area (TPSA) is 39.4 Å². The van der Waals surface area contributed by atoms with E-state index in [1.807, 2.05) is 49.4 Å². The molecule has 0 radical (unpaired) electrons. The second-order valence-corrected chi connectivity index (χ2v) is 5.00. The van der Waals surface area contributed by atoms with Crippen molar-refractivity contribution in [3.8, 4) is 5.75 Å². The van der Waals surface area contributed by atoms with Crippen LogP contribution in [-0.2, 0) is 0 Å². The minimum atomic E-state index is -0.0101. The average Bonchev–Trinajstić information content (AvgIpc) is 2.55. The zero-order valence-corrected chi connectivity index (χ0v) is 12.5. The molecule has 0 fully saturated rings. The molecule has 3 aromatic rings. The molecule has 110 valence electrons. The highest BCUT2D eigenvalue weighted by Crippen LogP contribution is 2.18. The Morgan fingerprint density at radius 3 is 2.45 bits per heavy atom. The normalized spacial score (nSPS) is 11.2. The van der Waals surface area contributed by atoms with Crippen molar-refractivity contribution in [2.24, 2.45) is 0 Å². The zero-order chi connectivity index (χ0) is 15.5. The fourth-order valence-electron chi connectivity index (χ4n) is 2.36. The van der Waals surface area contributed by atoms with E-state index in [1.165, 1.54) is 0 Å². The summed E-state index contributed by atoms with van der Waals surface area (Å²) in [5.74, 6) is 1.42. The van der Waals surface area contributed by atoms with Crippen LogP contribution in [-0.4, -0.2) is 7.11 Å². The second-order valence-electron chi connectivity index (χ2n) is 5.00. The van der Waals surface area contributed by atoms with Gasteiger partial charge in [0.05, 0.1) is 18.1 Å². The van der Waals surface area contributed by atoms with E-state index in [-0.39, 0.29) is 5.43 Å². The van der Waals surface area contributed by atoms with E-state index in [2.05, 4.69) is 0 Å². The molecule has 0 spiro atoms. The average molecular weight is 292 g/mol. The van der Waals surface area contributed by atoms with Gasteiger partial charge in [0.1, 0.15) is 17.1 Å². The van der Waals surface area contributed by atoms with Gasteiger partial charge in [-0.1, -0.05) is 30.3 Å². The van der Waals surface area contributed by atoms with Crippen molar-refractivity contribution in [3.63, 3.8) is 0 Å². The smallest absolute Gasteiger partial charge is 0.200 e. The largest absolute Gasteiger partial charge is 0.497 e. The lowest BCUT2D eigenvalue weighted by Gasteiger charge is -2.03. The van der Waals surface area contributed by atoms with Crippen molar-refractivity contribution in [2.45, 2.75) is 6.92 Å². The fraction of sp³-hybridized carbons (Fsp3) is 0.105. The summed E-state index contributed by atoms with van der Waals surface area (Å²) in [5.41, 5.74) is 2.18. The van der Waals surface area contributed by atoms with E-state index in [0.717, 1.165) is 11.3 Å². The number of aryl methyl sites for hydroxylation is 1. The second kappa shape index (κ2) is 5.90. The molecule has 2 aromatic carbocycles. The molecule has 0 aliphatic rings. The number of hydrogen-bond acceptors (Lipinski definition) is 3. The lowest BCUT2D eigenvalue weighted by Crippen LogP contribution is -2.07. The maximum Gasteiger partial charge on any atom is 0.200 e. The Morgan fingerprint density at radius 2 is 1.73 bits per heavy atom. The monoisotopic (exact) mass is 292 g/mol. The molecule has 22 heavy (non-hydrogen) atoms. The first-order valence-corrected chi connectivity index (χ1v) is 7.03. The van der Waals surface area contributed by atoms with Crippen molar-refractivity contribution in [3.05, 3.63) is 75.6 Å². The maximum absolute atomic E-state index is 12.5. The van der Waals surface area contributed by atoms with Gasteiger partial charge in [-0.05, 0) is 42.8 Å². The molecule has 0 atom stereocenters. The van der Waals surface area contributed by atoms with Crippen LogP contribution in [0.15, 0.2) is 57.7 Å². The Balaban J connectivity index is 2.02. The minimum Gasteiger partial charge on any atom is -0.497 e. The summed E-state index contributed by atoms with van der Waals surface area (Å²) in [6, 6.07) is 14.9. The van der Waals surface area contributed by atoms with Crippen LogP contribution in [0.2, 0.25) is 0 Å². The standard InChI is InChI=1S/C19H16O3/c1-13-16(12-9-14-7-10-15(21-2)11-8-14)19(20)17-5-3-4-6-18(17)22-13/h3-12H,1-2H3/b12-9+. The van der Waals surface area contributed by atoms with Crippen LogP contribution in [0.4, 0.5) is 0 Å². The number of para-hydroxylation sites is 1. The minimum absolute atomic E-state index is 0.0101. The first kappa shape index (κ1) is 14.1. The zero-order valence-electron chi connectivity index (χ0n) is 12.5. The first-order valence-electron chi connectivity index (χ1n) is 7.03. The van der Waals surface area contributed by atoms with Crippen molar-refractivity contribution in [1.29, 1.82) is 0 Å². The number of hydrogen-bond donors (Lipinski definition) is 0. The van der Waals surface area contributed by atoms with Gasteiger partial charge in [-0.3, -0.25) is 4.79 Å². The van der Waals surface area contributed by atoms with Gasteiger partial charge in [-0.15, -0.1) is 0 Å². The molecule has 0 saturated carbocycles. The number of benzene rings is 2. The lowest BCUT2D eigenvalue weighted by molar-refractivity contribution is 0.415. The van der Waals surface area contributed by atoms with Gasteiger partial charge in [-0.2, -0.15) is 0 Å². The molecule has 0 N–H and O–H groups in total. The van der Waals surface area contributed by atoms with Crippen LogP contribution < -0.4 is 10.2 Å². The Kier molecular flexibility index (Phi) is 3.79. The van der Waals surface area contributed by atoms with Crippen LogP contribution in [0.1, 0.15) is 16.9 Å². The van der Waals surface area contributed by atoms with Crippen LogP contribution in [0.25, 0.3) is 23.1 Å². The van der Waals surface area contributed by atoms with Gasteiger partial charge < -0.3 is 9.15 Å². The Labute approximate surface area is 128 Å². The lowest BCUT2D eigenvalue weighted by atomic mass is 10.1. The first-order chi connectivity index (χ1) is 10.7. The van der Waals surface area contributed by atoms with Gasteiger partial charge in [-0.25, -0.2) is 0 Å². The molecule has 1 heterocycles. The SMILES string of the molecule is COc1ccc(/C=C/c2c(C)oc3ccccc3c2=O)cc1. The third kappa shape index (κ3) is 2.66. The Bertz CT molecular complexity index is 887. The summed E-state index contributed by atoms with van der Waals surface area (Å²) >= 11 is 0. The van der Waals surface area contributed by atoms with E-state index in [4.69, 9.17) is 9.15 Å². The van der Waals surface area contributed by atoms with Gasteiger partial charge in [0, 0.05) is 0 Å². The van der Waals surface area contributed by atoms with Crippen LogP contribution in [0, 0.1) is 6.92 Å². The highest BCUT2D eigenvalue weighted by molar-refractivity contribution is 5.81. The van der Waals surface area contributed by atoms with E-state index in [0.29, 0.717) is 22.3 Å². The molecule has 0 aliphatic heterocycles. The van der Waals surface area contributed by atoms with Crippen LogP contribution >= 0.6 is 0 Å². The Morgan fingerprint density at radius 1 is 1.00 bits per heavy atom. The third-order valence-corrected chi connectivity index (χ3v) is 3.58. The van der Waals surface area contributed by atoms with Gasteiger partial charge >= 0.3 is 0 Å². The highest BCUT2D eigenvalue weighted by atomic mass is 16.5. The summed E-state index contributed by atoms with van der Waals surface area (Å²) in [5, 5.41) is 0.600. The molecule has 0 aliphatic carbocycles. The van der Waals surface area contributed by atoms with E-state index < -0.39 is 0 Å². The third-order valence-electron chi connectivity index (χ3n) is 3.58. The molecule has 3 nitrogen and oxygen atoms in total. The summed E-state index contributed by atoms with van der Waals surface area (Å²) in [4.78, 5) is 12.5. The molecule has 0 amide bonds. The van der Waals surface area contributed by atoms with E-state index in [9.17, 15) is 4.79 Å². The number of methoxy groups -OCH3 is 1. The molecular formula is C19H16O3. The van der Waals surface area contributed by atoms with Crippen molar-refractivity contribution in [1.82, 2.24) is 0 Å². The van der Waals surface area contributed by atoms with Gasteiger partial charge in [0.2, 0.25) is 0 Å². The predicted molar refractivity (Wildman–Crippen MR) is 89.1 cm³/mol. The quantitative estimate of drug-likeness (QED) is 0.723. The molecular weight excluding hydrogens is 276 g/mol. The van der Waals surface area contributed by atoms with Gasteiger partial charge in [0.25, 0.3) is 0 Å². The maximum atomic E-state index is 12.5. The van der Waals surface area contributed by atoms with Gasteiger partial charge in [0.15, 0.2) is 5.43 Å². The summed E-state index contributed by atoms with van der Waals surface area (Å²) in [6.45, 7) is 1.81. The van der Waals surface area contributed by atoms with Crippen molar-refractivity contribution >= 4 is 23.1 Å². The summed E-state index contributed by atoms with van der Waals surface area (Å²) < 4.78 is 10.9. The molecule has 3 rings (SSSR count). The number of fused-ring (bicyclic) bond motifs is 1. The summed E-state index contributed by atoms with van der Waals surface area (Å²) in [7, 11) is 1.63. The van der Waals surface area contributed by atoms with Crippen LogP contribution in [0.3, 0.4) is 0 Å². The van der Waals surface area contributed by atoms with E-state index >= 15 is 0 Å². The molecule has 0 unspecified atom stereocenters. The predicted octanol–water partition coefficient (Wildman–Crippen LogP) is 4.28. The molecule has 1 aromatic heterocycles. The van der Waals surface area contributed by atoms with Crippen molar-refractivity contribution in [2.75, 3.05) is 7.11 Å². The highest BCUT2D eigenvalue weighted by Gasteiger charge is 2.08. The Hall–Kier alpha value is -2.81. The van der Waals surface area contributed by atoms with Crippen LogP contribution in [0.5, 0.6) is 5.75 Å². The van der Waals surface area contributed by atoms with E-state index in [1.54, 1.807) is 25.3 Å².